The average Bonchev–Trinajstić information content (AvgIpc) is 3.24. The molecule has 0 saturated heterocycles. The van der Waals surface area contributed by atoms with Gasteiger partial charge in [-0.05, 0) is 36.0 Å². The number of nitrogens with one attached hydrogen (secondary N) is 1. The number of nitrogens with two attached hydrogens (primary N) is 1. The number of hydrogen-bond acceptors (Lipinski definition) is 4. The maximum absolute atomic E-state index is 13.3. The van der Waals surface area contributed by atoms with Crippen molar-refractivity contribution in [1.82, 2.24) is 4.98 Å². The van der Waals surface area contributed by atoms with Crippen LogP contribution in [0.3, 0.4) is 0 Å². The van der Waals surface area contributed by atoms with E-state index >= 15 is 0 Å². The molecule has 2 aromatic rings. The van der Waals surface area contributed by atoms with Crippen LogP contribution in [-0.4, -0.2) is 16.8 Å². The van der Waals surface area contributed by atoms with Gasteiger partial charge in [-0.15, -0.1) is 11.3 Å². The van der Waals surface area contributed by atoms with Gasteiger partial charge in [-0.2, -0.15) is 0 Å². The molecular weight excluding hydrogens is 346 g/mol. The molecule has 2 amide bonds. The molecule has 2 aliphatic rings. The fraction of sp³-hybridized carbons (Fsp3) is 0.450. The van der Waals surface area contributed by atoms with E-state index in [9.17, 15) is 9.59 Å². The number of rotatable bonds is 5. The average molecular weight is 369 g/mol. The minimum Gasteiger partial charge on any atom is -0.366 e. The lowest BCUT2D eigenvalue weighted by molar-refractivity contribution is -0.119. The van der Waals surface area contributed by atoms with Crippen LogP contribution in [0.15, 0.2) is 35.8 Å². The van der Waals surface area contributed by atoms with Crippen LogP contribution >= 0.6 is 11.3 Å². The van der Waals surface area contributed by atoms with Crippen LogP contribution in [0.1, 0.15) is 54.4 Å². The topological polar surface area (TPSA) is 85.1 Å². The summed E-state index contributed by atoms with van der Waals surface area (Å²) in [7, 11) is 0. The molecule has 0 aliphatic heterocycles. The Labute approximate surface area is 157 Å². The van der Waals surface area contributed by atoms with E-state index in [0.29, 0.717) is 22.5 Å². The zero-order valence-electron chi connectivity index (χ0n) is 14.6. The minimum absolute atomic E-state index is 0.00959. The molecule has 1 aromatic carbocycles. The molecule has 0 spiro atoms. The molecule has 4 rings (SSSR count). The van der Waals surface area contributed by atoms with E-state index in [1.165, 1.54) is 43.4 Å². The van der Waals surface area contributed by atoms with Crippen molar-refractivity contribution < 1.29 is 9.59 Å². The molecule has 0 radical (unpaired) electrons. The first kappa shape index (κ1) is 17.2. The molecule has 2 saturated carbocycles. The summed E-state index contributed by atoms with van der Waals surface area (Å²) in [6.45, 7) is 0. The third kappa shape index (κ3) is 3.03. The second kappa shape index (κ2) is 6.83. The Morgan fingerprint density at radius 2 is 2.04 bits per heavy atom. The van der Waals surface area contributed by atoms with Crippen molar-refractivity contribution in [3.63, 3.8) is 0 Å². The van der Waals surface area contributed by atoms with Gasteiger partial charge >= 0.3 is 0 Å². The lowest BCUT2D eigenvalue weighted by atomic mass is 9.80. The minimum atomic E-state index is -0.570. The van der Waals surface area contributed by atoms with Crippen molar-refractivity contribution in [2.75, 3.05) is 5.32 Å². The van der Waals surface area contributed by atoms with E-state index in [4.69, 9.17) is 5.73 Å². The number of carbonyl (C=O) groups is 2. The molecule has 0 unspecified atom stereocenters. The Balaban J connectivity index is 1.67. The molecule has 2 aliphatic carbocycles. The Kier molecular flexibility index (Phi) is 4.53. The van der Waals surface area contributed by atoms with Gasteiger partial charge in [-0.25, -0.2) is 4.98 Å². The highest BCUT2D eigenvalue weighted by Gasteiger charge is 2.63. The molecule has 2 atom stereocenters. The van der Waals surface area contributed by atoms with Crippen molar-refractivity contribution in [1.29, 1.82) is 0 Å². The van der Waals surface area contributed by atoms with Crippen molar-refractivity contribution in [3.8, 4) is 0 Å². The fourth-order valence-electron chi connectivity index (χ4n) is 4.56. The largest absolute Gasteiger partial charge is 0.366 e. The predicted octanol–water partition coefficient (Wildman–Crippen LogP) is 3.72. The molecule has 6 heteroatoms. The van der Waals surface area contributed by atoms with Crippen LogP contribution < -0.4 is 11.1 Å². The van der Waals surface area contributed by atoms with Gasteiger partial charge in [0.1, 0.15) is 0 Å². The van der Waals surface area contributed by atoms with Crippen LogP contribution in [0, 0.1) is 11.8 Å². The zero-order chi connectivity index (χ0) is 18.1. The van der Waals surface area contributed by atoms with Crippen molar-refractivity contribution in [3.05, 3.63) is 47.0 Å². The zero-order valence-corrected chi connectivity index (χ0v) is 15.4. The van der Waals surface area contributed by atoms with Gasteiger partial charge in [0.15, 0.2) is 5.13 Å². The van der Waals surface area contributed by atoms with Gasteiger partial charge in [0.2, 0.25) is 11.8 Å². The van der Waals surface area contributed by atoms with Gasteiger partial charge in [0.05, 0.1) is 5.41 Å². The number of amides is 2. The Morgan fingerprint density at radius 1 is 1.23 bits per heavy atom. The Hall–Kier alpha value is -2.21. The summed E-state index contributed by atoms with van der Waals surface area (Å²) in [4.78, 5) is 29.1. The van der Waals surface area contributed by atoms with Gasteiger partial charge in [0.25, 0.3) is 0 Å². The smallest absolute Gasteiger partial charge is 0.248 e. The third-order valence-electron chi connectivity index (χ3n) is 5.95. The monoisotopic (exact) mass is 369 g/mol. The van der Waals surface area contributed by atoms with Crippen LogP contribution in [0.4, 0.5) is 5.13 Å². The molecule has 136 valence electrons. The van der Waals surface area contributed by atoms with E-state index in [0.717, 1.165) is 12.0 Å². The number of carbonyl (C=O) groups excluding carboxylic acids is 2. The predicted molar refractivity (Wildman–Crippen MR) is 102 cm³/mol. The van der Waals surface area contributed by atoms with E-state index in [-0.39, 0.29) is 5.91 Å². The summed E-state index contributed by atoms with van der Waals surface area (Å²) >= 11 is 1.42. The number of nitrogens with zero attached hydrogens (tertiary/aromatic N) is 1. The van der Waals surface area contributed by atoms with E-state index in [2.05, 4.69) is 10.3 Å². The molecule has 2 fully saturated rings. The van der Waals surface area contributed by atoms with Gasteiger partial charge in [-0.1, -0.05) is 44.2 Å². The highest BCUT2D eigenvalue weighted by Crippen LogP contribution is 2.61. The number of benzene rings is 1. The molecule has 5 nitrogen and oxygen atoms in total. The van der Waals surface area contributed by atoms with Gasteiger partial charge in [-0.3, -0.25) is 9.59 Å². The number of aromatic nitrogens is 1. The van der Waals surface area contributed by atoms with E-state index < -0.39 is 11.3 Å². The lowest BCUT2D eigenvalue weighted by Gasteiger charge is -2.25. The summed E-state index contributed by atoms with van der Waals surface area (Å²) in [6.07, 6.45) is 8.67. The van der Waals surface area contributed by atoms with Crippen LogP contribution in [0.2, 0.25) is 0 Å². The van der Waals surface area contributed by atoms with Crippen LogP contribution in [0.5, 0.6) is 0 Å². The number of anilines is 1. The number of hydrogen-bond donors (Lipinski definition) is 2. The quantitative estimate of drug-likeness (QED) is 0.842. The second-order valence-corrected chi connectivity index (χ2v) is 8.31. The maximum atomic E-state index is 13.3. The highest BCUT2D eigenvalue weighted by molar-refractivity contribution is 7.13. The summed E-state index contributed by atoms with van der Waals surface area (Å²) in [5, 5.41) is 5.46. The molecule has 1 aromatic heterocycles. The number of thiazole rings is 1. The van der Waals surface area contributed by atoms with Crippen molar-refractivity contribution in [2.45, 2.75) is 43.9 Å². The van der Waals surface area contributed by atoms with Crippen LogP contribution in [0.25, 0.3) is 0 Å². The molecule has 1 heterocycles. The van der Waals surface area contributed by atoms with E-state index in [1.54, 1.807) is 18.3 Å². The molecule has 3 N–H and O–H groups in total. The Morgan fingerprint density at radius 3 is 2.73 bits per heavy atom. The van der Waals surface area contributed by atoms with Crippen LogP contribution in [-0.2, 0) is 10.2 Å². The summed E-state index contributed by atoms with van der Waals surface area (Å²) < 4.78 is 0. The molecule has 0 bridgehead atoms. The van der Waals surface area contributed by atoms with E-state index in [1.807, 2.05) is 17.5 Å². The normalized spacial score (nSPS) is 25.6. The lowest BCUT2D eigenvalue weighted by Crippen LogP contribution is -2.32. The summed E-state index contributed by atoms with van der Waals surface area (Å²) in [5.41, 5.74) is 6.25. The third-order valence-corrected chi connectivity index (χ3v) is 6.64. The fourth-order valence-corrected chi connectivity index (χ4v) is 5.09. The molecule has 26 heavy (non-hydrogen) atoms. The van der Waals surface area contributed by atoms with Gasteiger partial charge < -0.3 is 11.1 Å². The Bertz CT molecular complexity index is 814. The maximum Gasteiger partial charge on any atom is 0.248 e. The summed E-state index contributed by atoms with van der Waals surface area (Å²) in [6, 6.07) is 7.28. The first-order chi connectivity index (χ1) is 12.6. The highest BCUT2D eigenvalue weighted by atomic mass is 32.1. The SMILES string of the molecule is NC(=O)c1cccc([C@@]2(C(=O)Nc3nccs3)C[C@H]2C2CCCCC2)c1. The first-order valence-electron chi connectivity index (χ1n) is 9.22. The summed E-state index contributed by atoms with van der Waals surface area (Å²) in [5.74, 6) is 0.427. The number of primary amides is 1. The molecular formula is C20H23N3O2S. The van der Waals surface area contributed by atoms with Gasteiger partial charge in [0, 0.05) is 17.1 Å². The standard InChI is InChI=1S/C20H23N3O2S/c21-17(24)14-7-4-8-15(11-14)20(18(25)23-19-22-9-10-26-19)12-16(20)13-5-2-1-3-6-13/h4,7-11,13,16H,1-3,5-6,12H2,(H2,21,24)(H,22,23,25)/t16-,20-/m0/s1. The second-order valence-electron chi connectivity index (χ2n) is 7.42. The van der Waals surface area contributed by atoms with Crippen molar-refractivity contribution in [2.24, 2.45) is 17.6 Å². The first-order valence-corrected chi connectivity index (χ1v) is 10.1. The van der Waals surface area contributed by atoms with Crippen molar-refractivity contribution >= 4 is 28.3 Å².